The molecule has 1 unspecified atom stereocenters. The average molecular weight is 290 g/mol. The summed E-state index contributed by atoms with van der Waals surface area (Å²) >= 11 is 0. The van der Waals surface area contributed by atoms with Gasteiger partial charge in [-0.2, -0.15) is 0 Å². The zero-order valence-electron chi connectivity index (χ0n) is 14.0. The van der Waals surface area contributed by atoms with Crippen molar-refractivity contribution >= 4 is 0 Å². The predicted octanol–water partition coefficient (Wildman–Crippen LogP) is 3.47. The Labute approximate surface area is 129 Å². The van der Waals surface area contributed by atoms with Crippen LogP contribution < -0.4 is 10.1 Å². The van der Waals surface area contributed by atoms with Crippen LogP contribution in [0.5, 0.6) is 5.75 Å². The molecule has 0 aromatic heterocycles. The Kier molecular flexibility index (Phi) is 5.65. The number of hydrogen-bond donors (Lipinski definition) is 1. The standard InChI is InChI=1S/C18H30N2O/c1-5-19-17(15-6-8-16(21-4)9-7-15)14-20-12-10-18(2,3)11-13-20/h6-9,17,19H,5,10-14H2,1-4H3. The second-order valence-corrected chi connectivity index (χ2v) is 6.85. The predicted molar refractivity (Wildman–Crippen MR) is 88.9 cm³/mol. The molecule has 2 rings (SSSR count). The molecule has 1 atom stereocenters. The first-order chi connectivity index (χ1) is 10.0. The number of likely N-dealkylation sites (N-methyl/N-ethyl adjacent to an activating group) is 1. The highest BCUT2D eigenvalue weighted by Gasteiger charge is 2.26. The summed E-state index contributed by atoms with van der Waals surface area (Å²) in [4.78, 5) is 2.60. The lowest BCUT2D eigenvalue weighted by atomic mass is 9.82. The number of benzene rings is 1. The summed E-state index contributed by atoms with van der Waals surface area (Å²) in [5, 5.41) is 3.62. The summed E-state index contributed by atoms with van der Waals surface area (Å²) in [6, 6.07) is 8.88. The first kappa shape index (κ1) is 16.3. The molecule has 3 nitrogen and oxygen atoms in total. The van der Waals surface area contributed by atoms with Crippen molar-refractivity contribution in [2.75, 3.05) is 33.3 Å². The molecular weight excluding hydrogens is 260 g/mol. The fraction of sp³-hybridized carbons (Fsp3) is 0.667. The lowest BCUT2D eigenvalue weighted by Crippen LogP contribution is -2.42. The maximum absolute atomic E-state index is 5.25. The van der Waals surface area contributed by atoms with Crippen molar-refractivity contribution in [3.8, 4) is 5.75 Å². The van der Waals surface area contributed by atoms with E-state index in [1.165, 1.54) is 31.5 Å². The van der Waals surface area contributed by atoms with Gasteiger partial charge >= 0.3 is 0 Å². The summed E-state index contributed by atoms with van der Waals surface area (Å²) in [5.41, 5.74) is 1.87. The van der Waals surface area contributed by atoms with Crippen LogP contribution in [0.15, 0.2) is 24.3 Å². The Morgan fingerprint density at radius 3 is 2.33 bits per heavy atom. The minimum absolute atomic E-state index is 0.405. The molecule has 0 amide bonds. The van der Waals surface area contributed by atoms with Crippen LogP contribution in [0.2, 0.25) is 0 Å². The van der Waals surface area contributed by atoms with Gasteiger partial charge in [-0.1, -0.05) is 32.9 Å². The van der Waals surface area contributed by atoms with Crippen LogP contribution in [0, 0.1) is 5.41 Å². The molecule has 0 spiro atoms. The molecule has 1 aromatic rings. The van der Waals surface area contributed by atoms with E-state index in [-0.39, 0.29) is 0 Å². The van der Waals surface area contributed by atoms with E-state index in [2.05, 4.69) is 55.3 Å². The van der Waals surface area contributed by atoms with Crippen LogP contribution in [0.3, 0.4) is 0 Å². The van der Waals surface area contributed by atoms with Crippen LogP contribution in [0.1, 0.15) is 45.2 Å². The molecule has 21 heavy (non-hydrogen) atoms. The molecule has 118 valence electrons. The molecule has 0 aliphatic carbocycles. The van der Waals surface area contributed by atoms with Gasteiger partial charge in [-0.05, 0) is 55.6 Å². The lowest BCUT2D eigenvalue weighted by molar-refractivity contribution is 0.122. The second-order valence-electron chi connectivity index (χ2n) is 6.85. The van der Waals surface area contributed by atoms with Crippen LogP contribution in [-0.2, 0) is 0 Å². The molecule has 1 aliphatic rings. The summed E-state index contributed by atoms with van der Waals surface area (Å²) < 4.78 is 5.25. The molecule has 1 aliphatic heterocycles. The lowest BCUT2D eigenvalue weighted by Gasteiger charge is -2.38. The van der Waals surface area contributed by atoms with Crippen molar-refractivity contribution in [3.63, 3.8) is 0 Å². The van der Waals surface area contributed by atoms with Crippen LogP contribution in [0.4, 0.5) is 0 Å². The Bertz CT molecular complexity index is 417. The molecule has 1 saturated heterocycles. The van der Waals surface area contributed by atoms with Crippen molar-refractivity contribution in [2.45, 2.75) is 39.7 Å². The molecule has 0 radical (unpaired) electrons. The molecular formula is C18H30N2O. The number of likely N-dealkylation sites (tertiary alicyclic amines) is 1. The van der Waals surface area contributed by atoms with E-state index in [9.17, 15) is 0 Å². The van der Waals surface area contributed by atoms with Crippen LogP contribution >= 0.6 is 0 Å². The number of rotatable bonds is 6. The van der Waals surface area contributed by atoms with Crippen molar-refractivity contribution in [1.29, 1.82) is 0 Å². The van der Waals surface area contributed by atoms with Gasteiger partial charge in [0.2, 0.25) is 0 Å². The highest BCUT2D eigenvalue weighted by Crippen LogP contribution is 2.30. The van der Waals surface area contributed by atoms with Crippen molar-refractivity contribution < 1.29 is 4.74 Å². The molecule has 1 aromatic carbocycles. The van der Waals surface area contributed by atoms with Gasteiger partial charge in [0.1, 0.15) is 5.75 Å². The summed E-state index contributed by atoms with van der Waals surface area (Å²) in [6.07, 6.45) is 2.60. The third-order valence-corrected chi connectivity index (χ3v) is 4.62. The van der Waals surface area contributed by atoms with E-state index in [1.54, 1.807) is 7.11 Å². The Balaban J connectivity index is 1.98. The molecule has 0 bridgehead atoms. The summed E-state index contributed by atoms with van der Waals surface area (Å²) in [7, 11) is 1.71. The SMILES string of the molecule is CCNC(CN1CCC(C)(C)CC1)c1ccc(OC)cc1. The van der Waals surface area contributed by atoms with Gasteiger partial charge in [-0.15, -0.1) is 0 Å². The molecule has 1 N–H and O–H groups in total. The Hall–Kier alpha value is -1.06. The van der Waals surface area contributed by atoms with Crippen molar-refractivity contribution in [3.05, 3.63) is 29.8 Å². The first-order valence-corrected chi connectivity index (χ1v) is 8.14. The fourth-order valence-corrected chi connectivity index (χ4v) is 2.97. The number of piperidine rings is 1. The third kappa shape index (κ3) is 4.72. The van der Waals surface area contributed by atoms with Gasteiger partial charge < -0.3 is 15.0 Å². The number of methoxy groups -OCH3 is 1. The van der Waals surface area contributed by atoms with Crippen molar-refractivity contribution in [2.24, 2.45) is 5.41 Å². The first-order valence-electron chi connectivity index (χ1n) is 8.14. The van der Waals surface area contributed by atoms with Gasteiger partial charge in [-0.25, -0.2) is 0 Å². The minimum Gasteiger partial charge on any atom is -0.497 e. The summed E-state index contributed by atoms with van der Waals surface area (Å²) in [5.74, 6) is 0.925. The molecule has 0 saturated carbocycles. The average Bonchev–Trinajstić information content (AvgIpc) is 2.49. The van der Waals surface area contributed by atoms with Gasteiger partial charge in [0.15, 0.2) is 0 Å². The zero-order chi connectivity index (χ0) is 15.3. The van der Waals surface area contributed by atoms with E-state index >= 15 is 0 Å². The number of ether oxygens (including phenoxy) is 1. The highest BCUT2D eigenvalue weighted by atomic mass is 16.5. The third-order valence-electron chi connectivity index (χ3n) is 4.62. The zero-order valence-corrected chi connectivity index (χ0v) is 14.0. The maximum Gasteiger partial charge on any atom is 0.118 e. The van der Waals surface area contributed by atoms with Gasteiger partial charge in [-0.3, -0.25) is 0 Å². The monoisotopic (exact) mass is 290 g/mol. The fourth-order valence-electron chi connectivity index (χ4n) is 2.97. The van der Waals surface area contributed by atoms with Gasteiger partial charge in [0, 0.05) is 12.6 Å². The van der Waals surface area contributed by atoms with E-state index in [1.807, 2.05) is 0 Å². The molecule has 1 heterocycles. The minimum atomic E-state index is 0.405. The van der Waals surface area contributed by atoms with Gasteiger partial charge in [0.05, 0.1) is 7.11 Å². The summed E-state index contributed by atoms with van der Waals surface area (Å²) in [6.45, 7) is 11.5. The van der Waals surface area contributed by atoms with E-state index < -0.39 is 0 Å². The van der Waals surface area contributed by atoms with E-state index in [0.717, 1.165) is 18.8 Å². The van der Waals surface area contributed by atoms with Crippen LogP contribution in [0.25, 0.3) is 0 Å². The number of hydrogen-bond acceptors (Lipinski definition) is 3. The Morgan fingerprint density at radius 1 is 1.19 bits per heavy atom. The number of nitrogens with one attached hydrogen (secondary N) is 1. The van der Waals surface area contributed by atoms with Gasteiger partial charge in [0.25, 0.3) is 0 Å². The Morgan fingerprint density at radius 2 is 1.81 bits per heavy atom. The van der Waals surface area contributed by atoms with E-state index in [4.69, 9.17) is 4.74 Å². The molecule has 3 heteroatoms. The van der Waals surface area contributed by atoms with E-state index in [0.29, 0.717) is 11.5 Å². The largest absolute Gasteiger partial charge is 0.497 e. The normalized spacial score (nSPS) is 20.2. The topological polar surface area (TPSA) is 24.5 Å². The second kappa shape index (κ2) is 7.28. The molecule has 1 fully saturated rings. The smallest absolute Gasteiger partial charge is 0.118 e. The number of nitrogens with zero attached hydrogens (tertiary/aromatic N) is 1. The maximum atomic E-state index is 5.25. The van der Waals surface area contributed by atoms with Crippen LogP contribution in [-0.4, -0.2) is 38.2 Å². The van der Waals surface area contributed by atoms with Crippen molar-refractivity contribution in [1.82, 2.24) is 10.2 Å². The highest BCUT2D eigenvalue weighted by molar-refractivity contribution is 5.29. The quantitative estimate of drug-likeness (QED) is 0.868.